The highest BCUT2D eigenvalue weighted by atomic mass is 16.5. The van der Waals surface area contributed by atoms with Gasteiger partial charge in [0, 0.05) is 18.2 Å². The fourth-order valence-corrected chi connectivity index (χ4v) is 1.37. The van der Waals surface area contributed by atoms with Crippen molar-refractivity contribution in [2.75, 3.05) is 27.4 Å². The van der Waals surface area contributed by atoms with Gasteiger partial charge in [-0.3, -0.25) is 4.79 Å². The number of hydrogen-bond acceptors (Lipinski definition) is 5. The molecule has 1 atom stereocenters. The smallest absolute Gasteiger partial charge is 0.236 e. The van der Waals surface area contributed by atoms with Gasteiger partial charge in [0.05, 0.1) is 26.8 Å². The summed E-state index contributed by atoms with van der Waals surface area (Å²) in [6.07, 6.45) is 0. The third kappa shape index (κ3) is 5.05. The van der Waals surface area contributed by atoms with E-state index in [0.29, 0.717) is 30.4 Å². The molecule has 6 nitrogen and oxygen atoms in total. The fraction of sp³-hybridized carbons (Fsp3) is 0.462. The highest BCUT2D eigenvalue weighted by Gasteiger charge is 2.06. The molecule has 0 bridgehead atoms. The minimum Gasteiger partial charge on any atom is -0.496 e. The molecule has 3 N–H and O–H groups in total. The molecule has 0 spiro atoms. The van der Waals surface area contributed by atoms with Crippen LogP contribution in [0.5, 0.6) is 17.2 Å². The largest absolute Gasteiger partial charge is 0.496 e. The fourth-order valence-electron chi connectivity index (χ4n) is 1.37. The molecular formula is C13H20N2O4. The maximum Gasteiger partial charge on any atom is 0.236 e. The van der Waals surface area contributed by atoms with Gasteiger partial charge in [-0.1, -0.05) is 0 Å². The quantitative estimate of drug-likeness (QED) is 0.705. The second kappa shape index (κ2) is 7.48. The first kappa shape index (κ1) is 15.1. The van der Waals surface area contributed by atoms with Crippen molar-refractivity contribution in [1.82, 2.24) is 5.32 Å². The average Bonchev–Trinajstić information content (AvgIpc) is 2.42. The molecule has 0 aliphatic rings. The first-order chi connectivity index (χ1) is 9.06. The van der Waals surface area contributed by atoms with Crippen LogP contribution in [0.1, 0.15) is 6.92 Å². The van der Waals surface area contributed by atoms with Crippen molar-refractivity contribution in [3.05, 3.63) is 18.2 Å². The van der Waals surface area contributed by atoms with E-state index >= 15 is 0 Å². The van der Waals surface area contributed by atoms with Crippen LogP contribution in [-0.2, 0) is 4.79 Å². The molecule has 0 aliphatic heterocycles. The predicted molar refractivity (Wildman–Crippen MR) is 71.7 cm³/mol. The van der Waals surface area contributed by atoms with E-state index in [1.54, 1.807) is 39.3 Å². The van der Waals surface area contributed by atoms with E-state index in [-0.39, 0.29) is 5.91 Å². The molecule has 0 saturated heterocycles. The van der Waals surface area contributed by atoms with Crippen LogP contribution in [0.25, 0.3) is 0 Å². The predicted octanol–water partition coefficient (Wildman–Crippen LogP) is 0.546. The van der Waals surface area contributed by atoms with Crippen LogP contribution in [0, 0.1) is 0 Å². The van der Waals surface area contributed by atoms with Crippen LogP contribution in [-0.4, -0.2) is 39.3 Å². The Kier molecular flexibility index (Phi) is 5.95. The van der Waals surface area contributed by atoms with Gasteiger partial charge in [-0.15, -0.1) is 0 Å². The Labute approximate surface area is 112 Å². The van der Waals surface area contributed by atoms with E-state index in [2.05, 4.69) is 5.32 Å². The molecule has 0 fully saturated rings. The number of benzene rings is 1. The maximum atomic E-state index is 11.2. The zero-order valence-electron chi connectivity index (χ0n) is 11.4. The summed E-state index contributed by atoms with van der Waals surface area (Å²) in [5.41, 5.74) is 5.42. The van der Waals surface area contributed by atoms with Crippen LogP contribution >= 0.6 is 0 Å². The summed E-state index contributed by atoms with van der Waals surface area (Å²) in [4.78, 5) is 11.2. The number of methoxy groups -OCH3 is 2. The standard InChI is InChI=1S/C13H20N2O4/c1-9(14)13(16)15-4-5-19-12-7-10(17-2)6-11(8-12)18-3/h6-9H,4-5,14H2,1-3H3,(H,15,16)/t9-/m1/s1. The van der Waals surface area contributed by atoms with Crippen LogP contribution in [0.2, 0.25) is 0 Å². The number of nitrogens with one attached hydrogen (secondary N) is 1. The Hall–Kier alpha value is -1.95. The third-order valence-electron chi connectivity index (χ3n) is 2.41. The molecular weight excluding hydrogens is 248 g/mol. The molecule has 1 amide bonds. The lowest BCUT2D eigenvalue weighted by atomic mass is 10.3. The molecule has 0 aromatic heterocycles. The number of hydrogen-bond donors (Lipinski definition) is 2. The van der Waals surface area contributed by atoms with Gasteiger partial charge in [-0.25, -0.2) is 0 Å². The summed E-state index contributed by atoms with van der Waals surface area (Å²) in [5.74, 6) is 1.71. The van der Waals surface area contributed by atoms with Crippen LogP contribution in [0.4, 0.5) is 0 Å². The molecule has 0 aliphatic carbocycles. The van der Waals surface area contributed by atoms with Crippen LogP contribution in [0.3, 0.4) is 0 Å². The summed E-state index contributed by atoms with van der Waals surface area (Å²) < 4.78 is 15.8. The molecule has 106 valence electrons. The molecule has 1 rings (SSSR count). The van der Waals surface area contributed by atoms with Crippen molar-refractivity contribution < 1.29 is 19.0 Å². The lowest BCUT2D eigenvalue weighted by molar-refractivity contribution is -0.122. The second-order valence-corrected chi connectivity index (χ2v) is 3.98. The van der Waals surface area contributed by atoms with Crippen molar-refractivity contribution in [2.24, 2.45) is 5.73 Å². The van der Waals surface area contributed by atoms with Gasteiger partial charge >= 0.3 is 0 Å². The van der Waals surface area contributed by atoms with Crippen molar-refractivity contribution in [2.45, 2.75) is 13.0 Å². The summed E-state index contributed by atoms with van der Waals surface area (Å²) >= 11 is 0. The molecule has 1 aromatic rings. The Morgan fingerprint density at radius 1 is 1.21 bits per heavy atom. The Morgan fingerprint density at radius 3 is 2.21 bits per heavy atom. The van der Waals surface area contributed by atoms with Crippen molar-refractivity contribution in [1.29, 1.82) is 0 Å². The van der Waals surface area contributed by atoms with E-state index < -0.39 is 6.04 Å². The summed E-state index contributed by atoms with van der Waals surface area (Å²) in [7, 11) is 3.14. The second-order valence-electron chi connectivity index (χ2n) is 3.98. The lowest BCUT2D eigenvalue weighted by Crippen LogP contribution is -2.40. The number of nitrogens with two attached hydrogens (primary N) is 1. The van der Waals surface area contributed by atoms with Gasteiger partial charge in [0.25, 0.3) is 0 Å². The normalized spacial score (nSPS) is 11.6. The number of rotatable bonds is 7. The topological polar surface area (TPSA) is 82.8 Å². The minimum absolute atomic E-state index is 0.202. The van der Waals surface area contributed by atoms with Gasteiger partial charge in [-0.05, 0) is 6.92 Å². The number of carbonyl (C=O) groups is 1. The van der Waals surface area contributed by atoms with E-state index in [1.165, 1.54) is 0 Å². The van der Waals surface area contributed by atoms with E-state index in [1.807, 2.05) is 0 Å². The summed E-state index contributed by atoms with van der Waals surface area (Å²) in [6, 6.07) is 4.73. The van der Waals surface area contributed by atoms with Crippen molar-refractivity contribution in [3.63, 3.8) is 0 Å². The molecule has 0 radical (unpaired) electrons. The highest BCUT2D eigenvalue weighted by Crippen LogP contribution is 2.27. The third-order valence-corrected chi connectivity index (χ3v) is 2.41. The molecule has 0 saturated carbocycles. The van der Waals surface area contributed by atoms with E-state index in [0.717, 1.165) is 0 Å². The highest BCUT2D eigenvalue weighted by molar-refractivity contribution is 5.80. The summed E-state index contributed by atoms with van der Waals surface area (Å²) in [5, 5.41) is 2.66. The maximum absolute atomic E-state index is 11.2. The lowest BCUT2D eigenvalue weighted by Gasteiger charge is -2.11. The monoisotopic (exact) mass is 268 g/mol. The van der Waals surface area contributed by atoms with Gasteiger partial charge in [0.1, 0.15) is 23.9 Å². The molecule has 1 aromatic carbocycles. The molecule has 6 heteroatoms. The molecule has 19 heavy (non-hydrogen) atoms. The van der Waals surface area contributed by atoms with Gasteiger partial charge in [0.2, 0.25) is 5.91 Å². The number of ether oxygens (including phenoxy) is 3. The minimum atomic E-state index is -0.517. The average molecular weight is 268 g/mol. The Bertz CT molecular complexity index is 399. The molecule has 0 unspecified atom stereocenters. The Balaban J connectivity index is 2.46. The zero-order valence-corrected chi connectivity index (χ0v) is 11.4. The van der Waals surface area contributed by atoms with Gasteiger partial charge in [0.15, 0.2) is 0 Å². The Morgan fingerprint density at radius 2 is 1.74 bits per heavy atom. The SMILES string of the molecule is COc1cc(OC)cc(OCCNC(=O)[C@@H](C)N)c1. The first-order valence-corrected chi connectivity index (χ1v) is 5.96. The van der Waals surface area contributed by atoms with Gasteiger partial charge < -0.3 is 25.3 Å². The van der Waals surface area contributed by atoms with Crippen molar-refractivity contribution in [3.8, 4) is 17.2 Å². The van der Waals surface area contributed by atoms with Crippen molar-refractivity contribution >= 4 is 5.91 Å². The number of carbonyl (C=O) groups excluding carboxylic acids is 1. The van der Waals surface area contributed by atoms with E-state index in [4.69, 9.17) is 19.9 Å². The zero-order chi connectivity index (χ0) is 14.3. The van der Waals surface area contributed by atoms with Gasteiger partial charge in [-0.2, -0.15) is 0 Å². The number of amides is 1. The van der Waals surface area contributed by atoms with Crippen LogP contribution < -0.4 is 25.3 Å². The first-order valence-electron chi connectivity index (χ1n) is 5.96. The summed E-state index contributed by atoms with van der Waals surface area (Å²) in [6.45, 7) is 2.36. The van der Waals surface area contributed by atoms with Crippen LogP contribution in [0.15, 0.2) is 18.2 Å². The molecule has 0 heterocycles. The van der Waals surface area contributed by atoms with E-state index in [9.17, 15) is 4.79 Å².